The summed E-state index contributed by atoms with van der Waals surface area (Å²) in [6.45, 7) is 0. The van der Waals surface area contributed by atoms with Crippen LogP contribution in [0.5, 0.6) is 5.75 Å². The highest BCUT2D eigenvalue weighted by Crippen LogP contribution is 2.26. The van der Waals surface area contributed by atoms with Crippen LogP contribution in [0.3, 0.4) is 0 Å². The van der Waals surface area contributed by atoms with Crippen molar-refractivity contribution in [1.29, 1.82) is 0 Å². The molecule has 0 aromatic heterocycles. The Kier molecular flexibility index (Phi) is 6.03. The molecule has 0 aliphatic rings. The third-order valence-corrected chi connectivity index (χ3v) is 4.27. The van der Waals surface area contributed by atoms with Crippen LogP contribution in [0.1, 0.15) is 20.7 Å². The molecule has 0 fully saturated rings. The molecule has 3 aromatic carbocycles. The fourth-order valence-corrected chi connectivity index (χ4v) is 2.67. The van der Waals surface area contributed by atoms with Crippen molar-refractivity contribution in [3.05, 3.63) is 87.9 Å². The van der Waals surface area contributed by atoms with Crippen molar-refractivity contribution in [2.24, 2.45) is 0 Å². The molecule has 28 heavy (non-hydrogen) atoms. The molecule has 142 valence electrons. The number of para-hydroxylation sites is 1. The van der Waals surface area contributed by atoms with Crippen LogP contribution in [0.2, 0.25) is 10.0 Å². The number of anilines is 2. The summed E-state index contributed by atoms with van der Waals surface area (Å²) >= 11 is 12.1. The fourth-order valence-electron chi connectivity index (χ4n) is 2.33. The molecule has 3 aromatic rings. The standard InChI is InChI=1S/C20H14Cl2N2O4/c21-13-7-10-17(24-28-18-4-2-1-3-16(18)22)15(11-13)19(25)23-14-8-5-12(6-9-14)20(26)27/h1-11,24H,(H,23,25)(H,26,27). The Morgan fingerprint density at radius 3 is 2.32 bits per heavy atom. The van der Waals surface area contributed by atoms with E-state index in [1.54, 1.807) is 36.4 Å². The third-order valence-electron chi connectivity index (χ3n) is 3.72. The van der Waals surface area contributed by atoms with Crippen LogP contribution in [0, 0.1) is 0 Å². The highest BCUT2D eigenvalue weighted by atomic mass is 35.5. The predicted octanol–water partition coefficient (Wildman–Crippen LogP) is 5.35. The topological polar surface area (TPSA) is 87.7 Å². The second-order valence-corrected chi connectivity index (χ2v) is 6.50. The lowest BCUT2D eigenvalue weighted by atomic mass is 10.1. The van der Waals surface area contributed by atoms with E-state index in [1.165, 1.54) is 30.3 Å². The maximum atomic E-state index is 12.7. The first kappa shape index (κ1) is 19.5. The highest BCUT2D eigenvalue weighted by molar-refractivity contribution is 6.32. The Morgan fingerprint density at radius 1 is 0.929 bits per heavy atom. The van der Waals surface area contributed by atoms with Gasteiger partial charge in [0.25, 0.3) is 5.91 Å². The van der Waals surface area contributed by atoms with Crippen LogP contribution in [0.4, 0.5) is 11.4 Å². The van der Waals surface area contributed by atoms with Crippen molar-refractivity contribution in [2.45, 2.75) is 0 Å². The zero-order chi connectivity index (χ0) is 20.1. The van der Waals surface area contributed by atoms with Crippen LogP contribution < -0.4 is 15.6 Å². The van der Waals surface area contributed by atoms with Crippen molar-refractivity contribution in [1.82, 2.24) is 0 Å². The van der Waals surface area contributed by atoms with E-state index in [-0.39, 0.29) is 11.1 Å². The number of aromatic carboxylic acids is 1. The summed E-state index contributed by atoms with van der Waals surface area (Å²) < 4.78 is 0. The minimum absolute atomic E-state index is 0.122. The number of rotatable bonds is 6. The minimum atomic E-state index is -1.05. The van der Waals surface area contributed by atoms with Gasteiger partial charge in [-0.25, -0.2) is 10.3 Å². The molecule has 0 aliphatic heterocycles. The number of benzene rings is 3. The first-order valence-electron chi connectivity index (χ1n) is 8.05. The van der Waals surface area contributed by atoms with Gasteiger partial charge in [0.15, 0.2) is 5.75 Å². The molecular formula is C20H14Cl2N2O4. The summed E-state index contributed by atoms with van der Waals surface area (Å²) in [5.41, 5.74) is 3.88. The average molecular weight is 417 g/mol. The van der Waals surface area contributed by atoms with Crippen molar-refractivity contribution in [3.63, 3.8) is 0 Å². The second-order valence-electron chi connectivity index (χ2n) is 5.66. The van der Waals surface area contributed by atoms with Gasteiger partial charge < -0.3 is 15.3 Å². The van der Waals surface area contributed by atoms with Crippen LogP contribution >= 0.6 is 23.2 Å². The van der Waals surface area contributed by atoms with Crippen molar-refractivity contribution >= 4 is 46.5 Å². The number of amides is 1. The summed E-state index contributed by atoms with van der Waals surface area (Å²) in [4.78, 5) is 29.1. The van der Waals surface area contributed by atoms with E-state index in [0.29, 0.717) is 27.2 Å². The fraction of sp³-hybridized carbons (Fsp3) is 0. The van der Waals surface area contributed by atoms with Crippen LogP contribution in [0.25, 0.3) is 0 Å². The lowest BCUT2D eigenvalue weighted by Crippen LogP contribution is -2.16. The molecule has 0 atom stereocenters. The molecule has 3 rings (SSSR count). The number of hydrogen-bond acceptors (Lipinski definition) is 4. The minimum Gasteiger partial charge on any atom is -0.478 e. The molecular weight excluding hydrogens is 403 g/mol. The van der Waals surface area contributed by atoms with Gasteiger partial charge in [0.05, 0.1) is 21.8 Å². The predicted molar refractivity (Wildman–Crippen MR) is 109 cm³/mol. The smallest absolute Gasteiger partial charge is 0.335 e. The van der Waals surface area contributed by atoms with Crippen molar-refractivity contribution < 1.29 is 19.5 Å². The quantitative estimate of drug-likeness (QED) is 0.471. The Balaban J connectivity index is 1.78. The number of carbonyl (C=O) groups is 2. The summed E-state index contributed by atoms with van der Waals surface area (Å²) in [7, 11) is 0. The van der Waals surface area contributed by atoms with Crippen LogP contribution in [-0.4, -0.2) is 17.0 Å². The molecule has 0 heterocycles. The van der Waals surface area contributed by atoms with Crippen molar-refractivity contribution in [3.8, 4) is 5.75 Å². The molecule has 8 heteroatoms. The summed E-state index contributed by atoms with van der Waals surface area (Å²) in [5.74, 6) is -1.10. The molecule has 0 bridgehead atoms. The summed E-state index contributed by atoms with van der Waals surface area (Å²) in [6, 6.07) is 17.4. The molecule has 0 aliphatic carbocycles. The van der Waals surface area contributed by atoms with Gasteiger partial charge in [-0.3, -0.25) is 4.79 Å². The molecule has 0 unspecified atom stereocenters. The zero-order valence-corrected chi connectivity index (χ0v) is 15.8. The molecule has 1 amide bonds. The average Bonchev–Trinajstić information content (AvgIpc) is 2.68. The Morgan fingerprint density at radius 2 is 1.64 bits per heavy atom. The number of carboxylic acids is 1. The Hall–Kier alpha value is -3.22. The Labute approximate surface area is 170 Å². The van der Waals surface area contributed by atoms with Crippen LogP contribution in [0.15, 0.2) is 66.7 Å². The Bertz CT molecular complexity index is 1020. The molecule has 0 radical (unpaired) electrons. The zero-order valence-electron chi connectivity index (χ0n) is 14.3. The van der Waals surface area contributed by atoms with E-state index >= 15 is 0 Å². The van der Waals surface area contributed by atoms with Gasteiger partial charge in [0.1, 0.15) is 0 Å². The van der Waals surface area contributed by atoms with Gasteiger partial charge in [-0.2, -0.15) is 0 Å². The maximum Gasteiger partial charge on any atom is 0.335 e. The number of halogens is 2. The highest BCUT2D eigenvalue weighted by Gasteiger charge is 2.14. The first-order chi connectivity index (χ1) is 13.4. The van der Waals surface area contributed by atoms with Gasteiger partial charge >= 0.3 is 5.97 Å². The third kappa shape index (κ3) is 4.73. The molecule has 3 N–H and O–H groups in total. The number of nitrogens with one attached hydrogen (secondary N) is 2. The van der Waals surface area contributed by atoms with Gasteiger partial charge in [-0.1, -0.05) is 35.3 Å². The molecule has 0 spiro atoms. The van der Waals surface area contributed by atoms with Gasteiger partial charge in [0.2, 0.25) is 0 Å². The maximum absolute atomic E-state index is 12.7. The first-order valence-corrected chi connectivity index (χ1v) is 8.81. The lowest BCUT2D eigenvalue weighted by molar-refractivity contribution is 0.0696. The monoisotopic (exact) mass is 416 g/mol. The normalized spacial score (nSPS) is 10.2. The largest absolute Gasteiger partial charge is 0.478 e. The second kappa shape index (κ2) is 8.65. The lowest BCUT2D eigenvalue weighted by Gasteiger charge is -2.14. The number of hydrogen-bond donors (Lipinski definition) is 3. The molecule has 0 saturated carbocycles. The van der Waals surface area contributed by atoms with E-state index in [1.807, 2.05) is 0 Å². The van der Waals surface area contributed by atoms with Crippen LogP contribution in [-0.2, 0) is 0 Å². The molecule has 6 nitrogen and oxygen atoms in total. The van der Waals surface area contributed by atoms with E-state index < -0.39 is 11.9 Å². The van der Waals surface area contributed by atoms with E-state index in [2.05, 4.69) is 10.8 Å². The van der Waals surface area contributed by atoms with E-state index in [0.717, 1.165) is 0 Å². The van der Waals surface area contributed by atoms with E-state index in [9.17, 15) is 9.59 Å². The van der Waals surface area contributed by atoms with Crippen molar-refractivity contribution in [2.75, 3.05) is 10.8 Å². The SMILES string of the molecule is O=C(O)c1ccc(NC(=O)c2cc(Cl)ccc2NOc2ccccc2Cl)cc1. The van der Waals surface area contributed by atoms with E-state index in [4.69, 9.17) is 33.1 Å². The van der Waals surface area contributed by atoms with Gasteiger partial charge in [-0.05, 0) is 54.6 Å². The number of carboxylic acid groups (broad SMARTS) is 1. The molecule has 0 saturated heterocycles. The number of carbonyl (C=O) groups excluding carboxylic acids is 1. The summed E-state index contributed by atoms with van der Waals surface area (Å²) in [5, 5.41) is 12.4. The van der Waals surface area contributed by atoms with Gasteiger partial charge in [-0.15, -0.1) is 0 Å². The summed E-state index contributed by atoms with van der Waals surface area (Å²) in [6.07, 6.45) is 0. The van der Waals surface area contributed by atoms with Gasteiger partial charge in [0, 0.05) is 10.7 Å².